The van der Waals surface area contributed by atoms with Crippen molar-refractivity contribution in [3.8, 4) is 0 Å². The Morgan fingerprint density at radius 2 is 2.10 bits per heavy atom. The molecule has 0 fully saturated rings. The van der Waals surface area contributed by atoms with Gasteiger partial charge in [-0.2, -0.15) is 0 Å². The molecule has 0 radical (unpaired) electrons. The first-order valence-corrected chi connectivity index (χ1v) is 8.84. The third-order valence-electron chi connectivity index (χ3n) is 2.86. The molecular weight excluding hydrogens is 288 g/mol. The average Bonchev–Trinajstić information content (AvgIpc) is 2.99. The van der Waals surface area contributed by atoms with Crippen LogP contribution in [0.1, 0.15) is 31.2 Å². The lowest BCUT2D eigenvalue weighted by atomic mass is 10.2. The van der Waals surface area contributed by atoms with Crippen molar-refractivity contribution in [2.75, 3.05) is 23.4 Å². The largest absolute Gasteiger partial charge is 0.370 e. The second-order valence-corrected chi connectivity index (χ2v) is 6.03. The second-order valence-electron chi connectivity index (χ2n) is 4.28. The van der Waals surface area contributed by atoms with Gasteiger partial charge in [0.15, 0.2) is 5.16 Å². The Hall–Kier alpha value is -1.27. The Bertz CT molecular complexity index is 528. The van der Waals surface area contributed by atoms with Gasteiger partial charge in [0.25, 0.3) is 0 Å². The monoisotopic (exact) mass is 308 g/mol. The van der Waals surface area contributed by atoms with Crippen LogP contribution >= 0.6 is 23.1 Å². The Morgan fingerprint density at radius 1 is 1.30 bits per heavy atom. The normalized spacial score (nSPS) is 12.2. The predicted octanol–water partition coefficient (Wildman–Crippen LogP) is 4.26. The van der Waals surface area contributed by atoms with Crippen LogP contribution in [0.15, 0.2) is 28.7 Å². The number of nitrogens with zero attached hydrogens (tertiary/aromatic N) is 2. The van der Waals surface area contributed by atoms with E-state index in [1.165, 1.54) is 4.88 Å². The van der Waals surface area contributed by atoms with Crippen LogP contribution in [0.4, 0.5) is 11.6 Å². The Balaban J connectivity index is 2.20. The van der Waals surface area contributed by atoms with Crippen molar-refractivity contribution in [2.45, 2.75) is 31.5 Å². The number of hydrogen-bond donors (Lipinski definition) is 2. The van der Waals surface area contributed by atoms with Crippen LogP contribution in [-0.2, 0) is 0 Å². The van der Waals surface area contributed by atoms with E-state index in [9.17, 15) is 0 Å². The van der Waals surface area contributed by atoms with Crippen molar-refractivity contribution in [2.24, 2.45) is 0 Å². The van der Waals surface area contributed by atoms with Gasteiger partial charge < -0.3 is 10.6 Å². The van der Waals surface area contributed by atoms with Gasteiger partial charge in [-0.15, -0.1) is 11.3 Å². The van der Waals surface area contributed by atoms with Gasteiger partial charge in [0.1, 0.15) is 11.6 Å². The van der Waals surface area contributed by atoms with E-state index in [-0.39, 0.29) is 0 Å². The van der Waals surface area contributed by atoms with E-state index in [1.54, 1.807) is 23.1 Å². The predicted molar refractivity (Wildman–Crippen MR) is 89.0 cm³/mol. The summed E-state index contributed by atoms with van der Waals surface area (Å²) in [4.78, 5) is 10.3. The summed E-state index contributed by atoms with van der Waals surface area (Å²) in [6.07, 6.45) is 3.01. The number of thiophene rings is 1. The van der Waals surface area contributed by atoms with E-state index in [1.807, 2.05) is 12.3 Å². The molecule has 0 saturated carbocycles. The summed E-state index contributed by atoms with van der Waals surface area (Å²) in [5.41, 5.74) is 0. The third kappa shape index (κ3) is 3.86. The molecule has 2 rings (SSSR count). The van der Waals surface area contributed by atoms with E-state index < -0.39 is 0 Å². The Labute approximate surface area is 128 Å². The van der Waals surface area contributed by atoms with Crippen molar-refractivity contribution in [1.29, 1.82) is 0 Å². The summed E-state index contributed by atoms with van der Waals surface area (Å²) >= 11 is 3.33. The molecule has 6 heteroatoms. The van der Waals surface area contributed by atoms with Crippen molar-refractivity contribution < 1.29 is 0 Å². The van der Waals surface area contributed by atoms with Gasteiger partial charge in [-0.1, -0.05) is 24.8 Å². The van der Waals surface area contributed by atoms with E-state index >= 15 is 0 Å². The van der Waals surface area contributed by atoms with Crippen molar-refractivity contribution in [3.63, 3.8) is 0 Å². The molecule has 0 bridgehead atoms. The zero-order valence-electron chi connectivity index (χ0n) is 12.0. The molecule has 108 valence electrons. The van der Waals surface area contributed by atoms with Crippen molar-refractivity contribution in [1.82, 2.24) is 9.97 Å². The van der Waals surface area contributed by atoms with Crippen molar-refractivity contribution in [3.05, 3.63) is 28.5 Å². The van der Waals surface area contributed by atoms with Gasteiger partial charge in [-0.05, 0) is 31.0 Å². The molecule has 0 amide bonds. The molecule has 2 heterocycles. The first-order valence-electron chi connectivity index (χ1n) is 6.73. The molecule has 4 nitrogen and oxygen atoms in total. The number of thioether (sulfide) groups is 1. The summed E-state index contributed by atoms with van der Waals surface area (Å²) in [7, 11) is 0. The smallest absolute Gasteiger partial charge is 0.191 e. The molecule has 2 N–H and O–H groups in total. The minimum Gasteiger partial charge on any atom is -0.370 e. The molecule has 0 aromatic carbocycles. The first kappa shape index (κ1) is 15.1. The van der Waals surface area contributed by atoms with Gasteiger partial charge in [-0.3, -0.25) is 0 Å². The van der Waals surface area contributed by atoms with Gasteiger partial charge in [0.2, 0.25) is 0 Å². The van der Waals surface area contributed by atoms with Crippen LogP contribution in [0.2, 0.25) is 0 Å². The van der Waals surface area contributed by atoms with E-state index in [2.05, 4.69) is 52.0 Å². The summed E-state index contributed by atoms with van der Waals surface area (Å²) in [6, 6.07) is 6.52. The molecule has 2 aromatic heterocycles. The van der Waals surface area contributed by atoms with Crippen molar-refractivity contribution >= 4 is 34.7 Å². The molecule has 0 spiro atoms. The zero-order chi connectivity index (χ0) is 14.4. The van der Waals surface area contributed by atoms with Crippen LogP contribution in [-0.4, -0.2) is 22.8 Å². The highest BCUT2D eigenvalue weighted by atomic mass is 32.2. The van der Waals surface area contributed by atoms with Crippen LogP contribution in [0.25, 0.3) is 0 Å². The summed E-state index contributed by atoms with van der Waals surface area (Å²) in [5, 5.41) is 9.65. The van der Waals surface area contributed by atoms with Gasteiger partial charge >= 0.3 is 0 Å². The molecule has 0 aliphatic heterocycles. The lowest BCUT2D eigenvalue weighted by Gasteiger charge is -2.17. The number of aromatic nitrogens is 2. The highest BCUT2D eigenvalue weighted by Gasteiger charge is 2.12. The number of nitrogens with one attached hydrogen (secondary N) is 2. The van der Waals surface area contributed by atoms with E-state index in [4.69, 9.17) is 0 Å². The third-order valence-corrected chi connectivity index (χ3v) is 4.40. The number of hydrogen-bond acceptors (Lipinski definition) is 6. The molecule has 0 saturated heterocycles. The molecular formula is C14H20N4S2. The molecule has 20 heavy (non-hydrogen) atoms. The van der Waals surface area contributed by atoms with Crippen LogP contribution in [0, 0.1) is 0 Å². The summed E-state index contributed by atoms with van der Waals surface area (Å²) in [6.45, 7) is 5.10. The molecule has 0 aliphatic carbocycles. The molecule has 2 aromatic rings. The van der Waals surface area contributed by atoms with Gasteiger partial charge in [0, 0.05) is 17.5 Å². The minimum atomic E-state index is 0.300. The lowest BCUT2D eigenvalue weighted by molar-refractivity contribution is 0.753. The lowest BCUT2D eigenvalue weighted by Crippen LogP contribution is -2.11. The standard InChI is InChI=1S/C14H20N4S2/c1-4-10(11-7-6-8-20-11)16-13-9-12(15-5-2)17-14(18-13)19-3/h6-10H,4-5H2,1-3H3,(H2,15,16,17,18). The van der Waals surface area contributed by atoms with E-state index in [0.717, 1.165) is 29.8 Å². The SMILES string of the molecule is CCNc1cc(NC(CC)c2cccs2)nc(SC)n1. The second kappa shape index (κ2) is 7.50. The molecule has 0 aliphatic rings. The summed E-state index contributed by atoms with van der Waals surface area (Å²) < 4.78 is 0. The first-order chi connectivity index (χ1) is 9.76. The van der Waals surface area contributed by atoms with Crippen LogP contribution in [0.5, 0.6) is 0 Å². The van der Waals surface area contributed by atoms with Gasteiger partial charge in [0.05, 0.1) is 6.04 Å². The quantitative estimate of drug-likeness (QED) is 0.591. The van der Waals surface area contributed by atoms with Gasteiger partial charge in [-0.25, -0.2) is 9.97 Å². The highest BCUT2D eigenvalue weighted by molar-refractivity contribution is 7.98. The van der Waals surface area contributed by atoms with E-state index in [0.29, 0.717) is 6.04 Å². The average molecular weight is 308 g/mol. The number of rotatable bonds is 7. The molecule has 1 atom stereocenters. The Morgan fingerprint density at radius 3 is 2.70 bits per heavy atom. The molecule has 1 unspecified atom stereocenters. The fourth-order valence-corrected chi connectivity index (χ4v) is 3.15. The Kier molecular flexibility index (Phi) is 5.67. The fraction of sp³-hybridized carbons (Fsp3) is 0.429. The zero-order valence-corrected chi connectivity index (χ0v) is 13.6. The van der Waals surface area contributed by atoms with Crippen LogP contribution in [0.3, 0.4) is 0 Å². The van der Waals surface area contributed by atoms with Crippen LogP contribution < -0.4 is 10.6 Å². The number of anilines is 2. The highest BCUT2D eigenvalue weighted by Crippen LogP contribution is 2.27. The summed E-state index contributed by atoms with van der Waals surface area (Å²) in [5.74, 6) is 1.75. The maximum atomic E-state index is 4.54. The maximum absolute atomic E-state index is 4.54. The fourth-order valence-electron chi connectivity index (χ4n) is 1.90. The topological polar surface area (TPSA) is 49.8 Å². The maximum Gasteiger partial charge on any atom is 0.191 e. The minimum absolute atomic E-state index is 0.300.